The van der Waals surface area contributed by atoms with Gasteiger partial charge in [-0.2, -0.15) is 0 Å². The lowest BCUT2D eigenvalue weighted by Gasteiger charge is -2.14. The molecule has 0 radical (unpaired) electrons. The molecule has 0 fully saturated rings. The second kappa shape index (κ2) is 3.27. The highest BCUT2D eigenvalue weighted by Gasteiger charge is 2.08. The topological polar surface area (TPSA) is 58.4 Å². The highest BCUT2D eigenvalue weighted by Crippen LogP contribution is 2.14. The number of carboxylic acid groups (broad SMARTS) is 1. The molecule has 1 heterocycles. The first kappa shape index (κ1) is 9.51. The van der Waals surface area contributed by atoms with Crippen LogP contribution in [0.25, 0.3) is 11.0 Å². The Labute approximate surface area is 86.5 Å². The van der Waals surface area contributed by atoms with Crippen molar-refractivity contribution in [1.82, 2.24) is 9.66 Å². The van der Waals surface area contributed by atoms with E-state index in [4.69, 9.17) is 5.11 Å². The van der Waals surface area contributed by atoms with E-state index >= 15 is 0 Å². The first-order chi connectivity index (χ1) is 7.09. The fourth-order valence-corrected chi connectivity index (χ4v) is 1.45. The molecule has 0 saturated carbocycles. The molecule has 5 nitrogen and oxygen atoms in total. The van der Waals surface area contributed by atoms with Crippen LogP contribution in [-0.4, -0.2) is 34.8 Å². The number of aromatic nitrogens is 2. The van der Waals surface area contributed by atoms with Crippen LogP contribution in [0.3, 0.4) is 0 Å². The smallest absolute Gasteiger partial charge is 0.335 e. The number of benzene rings is 1. The maximum absolute atomic E-state index is 10.8. The van der Waals surface area contributed by atoms with Gasteiger partial charge in [0.05, 0.1) is 16.6 Å². The van der Waals surface area contributed by atoms with Crippen LogP contribution < -0.4 is 5.01 Å². The lowest BCUT2D eigenvalue weighted by atomic mass is 10.2. The predicted molar refractivity (Wildman–Crippen MR) is 56.8 cm³/mol. The fraction of sp³-hybridized carbons (Fsp3) is 0.200. The standard InChI is InChI=1S/C10H11N3O2/c1-12(2)13-6-11-8-4-3-7(10(14)15)5-9(8)13/h3-6H,1-2H3,(H,14,15). The van der Waals surface area contributed by atoms with Crippen molar-refractivity contribution in [3.05, 3.63) is 30.1 Å². The summed E-state index contributed by atoms with van der Waals surface area (Å²) in [5.41, 5.74) is 1.85. The van der Waals surface area contributed by atoms with Crippen LogP contribution in [0.4, 0.5) is 0 Å². The maximum Gasteiger partial charge on any atom is 0.335 e. The average Bonchev–Trinajstić information content (AvgIpc) is 2.59. The zero-order valence-corrected chi connectivity index (χ0v) is 8.51. The van der Waals surface area contributed by atoms with E-state index in [9.17, 15) is 4.79 Å². The van der Waals surface area contributed by atoms with E-state index in [0.717, 1.165) is 11.0 Å². The Bertz CT molecular complexity index is 516. The summed E-state index contributed by atoms with van der Waals surface area (Å²) in [6.45, 7) is 0. The molecule has 1 aromatic heterocycles. The van der Waals surface area contributed by atoms with Gasteiger partial charge in [-0.25, -0.2) is 14.5 Å². The Morgan fingerprint density at radius 3 is 2.80 bits per heavy atom. The highest BCUT2D eigenvalue weighted by molar-refractivity contribution is 5.92. The van der Waals surface area contributed by atoms with Crippen molar-refractivity contribution < 1.29 is 9.90 Å². The van der Waals surface area contributed by atoms with Gasteiger partial charge < -0.3 is 10.1 Å². The summed E-state index contributed by atoms with van der Waals surface area (Å²) in [5, 5.41) is 10.7. The van der Waals surface area contributed by atoms with E-state index in [-0.39, 0.29) is 5.56 Å². The summed E-state index contributed by atoms with van der Waals surface area (Å²) >= 11 is 0. The SMILES string of the molecule is CN(C)n1cnc2ccc(C(=O)O)cc21. The summed E-state index contributed by atoms with van der Waals surface area (Å²) < 4.78 is 1.79. The van der Waals surface area contributed by atoms with Gasteiger partial charge in [0.25, 0.3) is 0 Å². The first-order valence-corrected chi connectivity index (χ1v) is 4.47. The van der Waals surface area contributed by atoms with Crippen molar-refractivity contribution in [3.8, 4) is 0 Å². The predicted octanol–water partition coefficient (Wildman–Crippen LogP) is 0.932. The number of hydrogen-bond acceptors (Lipinski definition) is 3. The maximum atomic E-state index is 10.8. The monoisotopic (exact) mass is 205 g/mol. The second-order valence-electron chi connectivity index (χ2n) is 3.44. The molecule has 78 valence electrons. The van der Waals surface area contributed by atoms with Gasteiger partial charge in [-0.3, -0.25) is 0 Å². The minimum Gasteiger partial charge on any atom is -0.478 e. The van der Waals surface area contributed by atoms with Crippen molar-refractivity contribution >= 4 is 17.0 Å². The molecule has 0 saturated heterocycles. The summed E-state index contributed by atoms with van der Waals surface area (Å²) in [7, 11) is 3.74. The summed E-state index contributed by atoms with van der Waals surface area (Å²) in [6, 6.07) is 4.88. The Morgan fingerprint density at radius 2 is 2.20 bits per heavy atom. The number of rotatable bonds is 2. The summed E-state index contributed by atoms with van der Waals surface area (Å²) in [6.07, 6.45) is 1.66. The minimum atomic E-state index is -0.927. The van der Waals surface area contributed by atoms with Crippen molar-refractivity contribution in [3.63, 3.8) is 0 Å². The molecular weight excluding hydrogens is 194 g/mol. The minimum absolute atomic E-state index is 0.270. The van der Waals surface area contributed by atoms with Gasteiger partial charge in [-0.15, -0.1) is 0 Å². The Morgan fingerprint density at radius 1 is 1.47 bits per heavy atom. The number of hydrogen-bond donors (Lipinski definition) is 1. The van der Waals surface area contributed by atoms with Gasteiger partial charge >= 0.3 is 5.97 Å². The average molecular weight is 205 g/mol. The number of imidazole rings is 1. The van der Waals surface area contributed by atoms with Crippen LogP contribution in [0, 0.1) is 0 Å². The van der Waals surface area contributed by atoms with E-state index in [1.807, 2.05) is 19.1 Å². The summed E-state index contributed by atoms with van der Waals surface area (Å²) in [4.78, 5) is 15.0. The molecule has 15 heavy (non-hydrogen) atoms. The van der Waals surface area contributed by atoms with Crippen LogP contribution >= 0.6 is 0 Å². The third-order valence-electron chi connectivity index (χ3n) is 2.21. The molecule has 0 unspecified atom stereocenters. The fourth-order valence-electron chi connectivity index (χ4n) is 1.45. The molecule has 0 aliphatic carbocycles. The van der Waals surface area contributed by atoms with E-state index < -0.39 is 5.97 Å². The highest BCUT2D eigenvalue weighted by atomic mass is 16.4. The zero-order chi connectivity index (χ0) is 11.0. The van der Waals surface area contributed by atoms with Gasteiger partial charge in [0.2, 0.25) is 0 Å². The largest absolute Gasteiger partial charge is 0.478 e. The third kappa shape index (κ3) is 1.52. The number of carboxylic acids is 1. The first-order valence-electron chi connectivity index (χ1n) is 4.47. The number of nitrogens with zero attached hydrogens (tertiary/aromatic N) is 3. The lowest BCUT2D eigenvalue weighted by Crippen LogP contribution is -2.23. The van der Waals surface area contributed by atoms with Crippen LogP contribution in [0.15, 0.2) is 24.5 Å². The number of fused-ring (bicyclic) bond motifs is 1. The normalized spacial score (nSPS) is 10.5. The Kier molecular flexibility index (Phi) is 2.07. The zero-order valence-electron chi connectivity index (χ0n) is 8.51. The van der Waals surface area contributed by atoms with Gasteiger partial charge in [-0.05, 0) is 18.2 Å². The quantitative estimate of drug-likeness (QED) is 0.792. The molecule has 2 rings (SSSR count). The van der Waals surface area contributed by atoms with Crippen molar-refractivity contribution in [2.45, 2.75) is 0 Å². The molecule has 0 atom stereocenters. The third-order valence-corrected chi connectivity index (χ3v) is 2.21. The van der Waals surface area contributed by atoms with Crippen LogP contribution in [0.5, 0.6) is 0 Å². The van der Waals surface area contributed by atoms with Crippen molar-refractivity contribution in [1.29, 1.82) is 0 Å². The van der Waals surface area contributed by atoms with Gasteiger partial charge in [0.15, 0.2) is 0 Å². The van der Waals surface area contributed by atoms with Gasteiger partial charge in [0, 0.05) is 14.1 Å². The van der Waals surface area contributed by atoms with Crippen LogP contribution in [0.2, 0.25) is 0 Å². The van der Waals surface area contributed by atoms with Crippen molar-refractivity contribution in [2.75, 3.05) is 19.1 Å². The van der Waals surface area contributed by atoms with Crippen molar-refractivity contribution in [2.24, 2.45) is 0 Å². The molecular formula is C10H11N3O2. The van der Waals surface area contributed by atoms with Crippen LogP contribution in [-0.2, 0) is 0 Å². The molecule has 1 N–H and O–H groups in total. The molecule has 0 amide bonds. The lowest BCUT2D eigenvalue weighted by molar-refractivity contribution is 0.0697. The molecule has 1 aromatic carbocycles. The Balaban J connectivity index is 2.66. The van der Waals surface area contributed by atoms with E-state index in [2.05, 4.69) is 4.98 Å². The Hall–Kier alpha value is -2.04. The van der Waals surface area contributed by atoms with Gasteiger partial charge in [0.1, 0.15) is 6.33 Å². The molecule has 2 aromatic rings. The molecule has 0 aliphatic rings. The number of carbonyl (C=O) groups is 1. The second-order valence-corrected chi connectivity index (χ2v) is 3.44. The van der Waals surface area contributed by atoms with Crippen LogP contribution in [0.1, 0.15) is 10.4 Å². The summed E-state index contributed by atoms with van der Waals surface area (Å²) in [5.74, 6) is -0.927. The molecule has 0 spiro atoms. The molecule has 5 heteroatoms. The van der Waals surface area contributed by atoms with E-state index in [1.54, 1.807) is 29.2 Å². The molecule has 0 aliphatic heterocycles. The van der Waals surface area contributed by atoms with E-state index in [1.165, 1.54) is 0 Å². The van der Waals surface area contributed by atoms with Gasteiger partial charge in [-0.1, -0.05) is 0 Å². The number of aromatic carboxylic acids is 1. The van der Waals surface area contributed by atoms with E-state index in [0.29, 0.717) is 0 Å². The molecule has 0 bridgehead atoms.